The number of unbranched alkanes of at least 4 members (excludes halogenated alkanes) is 2. The third-order valence-electron chi connectivity index (χ3n) is 26.2. The Bertz CT molecular complexity index is 4650. The number of β-amino-alcohol motifs (C(OH)–C–C–N with tert-alkyl or cyclic N) is 5. The highest BCUT2D eigenvalue weighted by Crippen LogP contribution is 2.36. The Labute approximate surface area is 817 Å². The molecular formula is C100H157FN16O22. The smallest absolute Gasteiger partial charge is 0.355 e. The number of halogens is 1. The number of hydrogen-bond acceptors (Lipinski definition) is 30. The van der Waals surface area contributed by atoms with Gasteiger partial charge in [0.1, 0.15) is 17.1 Å². The molecule has 8 fully saturated rings. The summed E-state index contributed by atoms with van der Waals surface area (Å²) < 4.78 is 66.3. The molecule has 17 rings (SSSR count). The molecule has 4 aromatic heterocycles. The number of aliphatic hydroxyl groups excluding tert-OH is 5. The van der Waals surface area contributed by atoms with Gasteiger partial charge < -0.3 is 124 Å². The van der Waals surface area contributed by atoms with Crippen molar-refractivity contribution in [2.45, 2.75) is 168 Å². The van der Waals surface area contributed by atoms with Gasteiger partial charge in [0.15, 0.2) is 6.29 Å². The lowest BCUT2D eigenvalue weighted by Crippen LogP contribution is -2.46. The van der Waals surface area contributed by atoms with Crippen LogP contribution in [0.1, 0.15) is 191 Å². The Morgan fingerprint density at radius 1 is 0.525 bits per heavy atom. The van der Waals surface area contributed by atoms with E-state index in [0.717, 1.165) is 269 Å². The first kappa shape index (κ1) is 111. The summed E-state index contributed by atoms with van der Waals surface area (Å²) >= 11 is 0. The number of morpholine rings is 7. The van der Waals surface area contributed by atoms with Crippen LogP contribution < -0.4 is 16.4 Å². The number of anilines is 1. The molecule has 139 heavy (non-hydrogen) atoms. The summed E-state index contributed by atoms with van der Waals surface area (Å²) in [6.07, 6.45) is 11.3. The van der Waals surface area contributed by atoms with Gasteiger partial charge in [-0.3, -0.25) is 53.4 Å². The minimum Gasteiger partial charge on any atom is -0.462 e. The van der Waals surface area contributed by atoms with Crippen molar-refractivity contribution in [3.63, 3.8) is 0 Å². The predicted molar refractivity (Wildman–Crippen MR) is 522 cm³/mol. The molecule has 4 amide bonds. The number of benzene rings is 1. The average Bonchev–Trinajstić information content (AvgIpc) is 1.61. The van der Waals surface area contributed by atoms with Crippen molar-refractivity contribution in [1.82, 2.24) is 69.4 Å². The highest BCUT2D eigenvalue weighted by Gasteiger charge is 2.36. The number of aliphatic hydroxyl groups is 5. The van der Waals surface area contributed by atoms with Gasteiger partial charge in [0.25, 0.3) is 23.6 Å². The zero-order valence-electron chi connectivity index (χ0n) is 83.3. The second-order valence-electron chi connectivity index (χ2n) is 38.3. The molecular weight excluding hydrogens is 1800 g/mol. The number of esters is 2. The number of aromatic amines is 4. The van der Waals surface area contributed by atoms with Crippen LogP contribution in [0.25, 0.3) is 11.6 Å². The number of fused-ring (bicyclic) bond motifs is 4. The number of rotatable bonds is 30. The van der Waals surface area contributed by atoms with Gasteiger partial charge in [-0.1, -0.05) is 12.8 Å². The highest BCUT2D eigenvalue weighted by atomic mass is 19.1. The molecule has 12 aliphatic rings. The molecule has 1 aromatic carbocycles. The fourth-order valence-corrected chi connectivity index (χ4v) is 18.7. The van der Waals surface area contributed by atoms with Crippen molar-refractivity contribution in [1.29, 1.82) is 0 Å². The molecule has 776 valence electrons. The Hall–Kier alpha value is -8.34. The van der Waals surface area contributed by atoms with Crippen LogP contribution in [0, 0.1) is 33.5 Å². The van der Waals surface area contributed by atoms with E-state index in [2.05, 4.69) is 60.0 Å². The van der Waals surface area contributed by atoms with E-state index in [1.807, 2.05) is 40.8 Å². The lowest BCUT2D eigenvalue weighted by atomic mass is 10.0. The van der Waals surface area contributed by atoms with E-state index in [-0.39, 0.29) is 49.0 Å². The van der Waals surface area contributed by atoms with Gasteiger partial charge in [-0.15, -0.1) is 0 Å². The fourth-order valence-electron chi connectivity index (χ4n) is 18.7. The Morgan fingerprint density at radius 3 is 1.39 bits per heavy atom. The van der Waals surface area contributed by atoms with E-state index in [4.69, 9.17) is 53.1 Å². The van der Waals surface area contributed by atoms with E-state index >= 15 is 0 Å². The Morgan fingerprint density at radius 2 is 0.957 bits per heavy atom. The molecule has 0 bridgehead atoms. The molecule has 0 spiro atoms. The van der Waals surface area contributed by atoms with E-state index in [1.165, 1.54) is 12.1 Å². The second-order valence-corrected chi connectivity index (χ2v) is 38.3. The highest BCUT2D eigenvalue weighted by molar-refractivity contribution is 6.35. The summed E-state index contributed by atoms with van der Waals surface area (Å²) in [4.78, 5) is 119. The predicted octanol–water partition coefficient (Wildman–Crippen LogP) is 3.87. The van der Waals surface area contributed by atoms with Gasteiger partial charge in [-0.2, -0.15) is 0 Å². The van der Waals surface area contributed by atoms with Gasteiger partial charge in [0, 0.05) is 223 Å². The normalized spacial score (nSPS) is 21.1. The van der Waals surface area contributed by atoms with Crippen molar-refractivity contribution >= 4 is 59.2 Å². The van der Waals surface area contributed by atoms with Gasteiger partial charge in [-0.05, 0) is 160 Å². The third kappa shape index (κ3) is 35.3. The summed E-state index contributed by atoms with van der Waals surface area (Å²) in [5.74, 6) is -1.78. The van der Waals surface area contributed by atoms with Crippen LogP contribution in [-0.2, 0) is 77.8 Å². The van der Waals surface area contributed by atoms with Crippen LogP contribution in [0.4, 0.5) is 10.1 Å². The summed E-state index contributed by atoms with van der Waals surface area (Å²) in [5.41, 5.74) is 16.4. The minimum absolute atomic E-state index is 0.0484. The maximum atomic E-state index is 13.8. The second kappa shape index (κ2) is 57.2. The first-order valence-electron chi connectivity index (χ1n) is 50.2. The number of carbonyl (C=O) groups is 7. The Balaban J connectivity index is 0.000000164. The zero-order chi connectivity index (χ0) is 99.3. The molecule has 6 atom stereocenters. The first-order chi connectivity index (χ1) is 67.0. The number of hydrogen-bond donors (Lipinski definition) is 12. The number of aryl methyl sites for hydroxylation is 5. The van der Waals surface area contributed by atoms with Crippen molar-refractivity contribution < 1.29 is 111 Å². The number of nitrogens with one attached hydrogen (secondary N) is 6. The molecule has 16 heterocycles. The molecule has 8 saturated heterocycles. The maximum absolute atomic E-state index is 13.8. The lowest BCUT2D eigenvalue weighted by molar-refractivity contribution is -0.110. The number of epoxide rings is 1. The minimum atomic E-state index is -0.641. The average molecular weight is 1950 g/mol. The monoisotopic (exact) mass is 1950 g/mol. The number of aldehydes is 1. The zero-order valence-corrected chi connectivity index (χ0v) is 83.3. The van der Waals surface area contributed by atoms with Crippen LogP contribution in [0.3, 0.4) is 0 Å². The van der Waals surface area contributed by atoms with Crippen LogP contribution in [-0.4, -0.2) is 456 Å². The van der Waals surface area contributed by atoms with E-state index in [9.17, 15) is 63.5 Å². The molecule has 38 nitrogen and oxygen atoms in total. The van der Waals surface area contributed by atoms with Crippen molar-refractivity contribution in [2.24, 2.45) is 5.73 Å². The van der Waals surface area contributed by atoms with Gasteiger partial charge >= 0.3 is 11.9 Å². The molecule has 0 saturated carbocycles. The Kier molecular flexibility index (Phi) is 45.7. The van der Waals surface area contributed by atoms with Gasteiger partial charge in [0.2, 0.25) is 0 Å². The van der Waals surface area contributed by atoms with Crippen LogP contribution >= 0.6 is 0 Å². The lowest BCUT2D eigenvalue weighted by Gasteiger charge is -2.31. The standard InChI is InChI=1S/C25H29FN4O4.C24H40N2O6.C17H25N3O4.C16H25N3O3.C7H16N2O2.C7H13NO2.C4H9NO/c1-15-22(12-19-18-11-16(26)4-5-20(18)28-24(19)32)27-21-3-2-6-30(25(33)23(15)21)14-17(31)13-29-7-9-34-10-8-29;1-6-31-22(28)20-17(2)21(23(29)32-24(3,4)5)25-19(20)11-9-7-8-10-18(27)16-26-12-14-30-15-13-26;1-12-15(11-21)18-14-3-2-4-20(17(23)16(12)14)10-13(22)9-19-5-7-24-8-6-19;1-12-9-17-14-3-2-4-19(16(21)15(12)14)11-13(20)10-18-5-7-22-8-6-18;8-5-7(10)6-9-1-3-11-4-2-9;1-3-9-4-2-8(1)5-7-6-10-7;1-3-6-4-2-5-1/h4-5,11-12,17,27,31H,2-3,6-10,13-14H2,1H3,(H,28,32);18,25,27H,6-16H2,1-5H3;11,13,18,22H,2-10H2,1H3;9,13,17,20H,2-8,10-11H2,1H3;7,10H,1-6,8H2;7H,1-6H2;5H,1-4H2/b19-12-;;;;;;/t17-;18-;2*13-;2*7-;/m010010./s1. The van der Waals surface area contributed by atoms with Gasteiger partial charge in [-0.25, -0.2) is 14.0 Å². The molecule has 39 heteroatoms. The van der Waals surface area contributed by atoms with E-state index in [1.54, 1.807) is 47.6 Å². The van der Waals surface area contributed by atoms with Crippen LogP contribution in [0.15, 0.2) is 24.4 Å². The molecule has 5 aromatic rings. The SMILES string of the molecule is C1CN(C[C@H]2CO2)CCO1.C1COCCN1.CCOC(=O)c1c(CCCCC[C@@H](O)CN2CCOCC2)[nH]c(C(=O)OC(C)(C)C)c1C.Cc1c(/C=C2\C(=O)Nc3ccc(F)cc32)[nH]c2c1C(=O)N(C[C@@H](O)CN1CCOCC1)CCC2.Cc1c(C=O)[nH]c2c1C(=O)N(C[C@@H](O)CN1CCOCC1)CCC2.Cc1c[nH]c2c1C(=O)N(C[C@@H](O)CN1CCOCC1)CCC2.NC[C@@H](O)CN1CCOCC1. The number of nitrogens with zero attached hydrogens (tertiary/aromatic N) is 9. The van der Waals surface area contributed by atoms with E-state index in [0.29, 0.717) is 185 Å². The summed E-state index contributed by atoms with van der Waals surface area (Å²) in [7, 11) is 0. The van der Waals surface area contributed by atoms with E-state index < -0.39 is 41.7 Å². The topological polar surface area (TPSA) is 459 Å². The number of amides is 4. The number of nitrogens with two attached hydrogens (primary N) is 1. The largest absolute Gasteiger partial charge is 0.462 e. The summed E-state index contributed by atoms with van der Waals surface area (Å²) in [6.45, 7) is 46.6. The van der Waals surface area contributed by atoms with Crippen molar-refractivity contribution in [2.75, 3.05) is 288 Å². The maximum Gasteiger partial charge on any atom is 0.355 e. The fraction of sp³-hybridized carbons (Fsp3) is 0.690. The molecule has 13 N–H and O–H groups in total. The molecule has 0 radical (unpaired) electrons. The number of H-pyrrole nitrogens is 4. The number of carbonyl (C=O) groups excluding carboxylic acids is 7. The summed E-state index contributed by atoms with van der Waals surface area (Å²) in [5, 5.41) is 56.8. The summed E-state index contributed by atoms with van der Waals surface area (Å²) in [6, 6.07) is 4.19. The third-order valence-corrected chi connectivity index (χ3v) is 26.2. The number of aromatic nitrogens is 4. The van der Waals surface area contributed by atoms with Crippen molar-refractivity contribution in [3.8, 4) is 0 Å². The molecule has 0 aliphatic carbocycles. The van der Waals surface area contributed by atoms with Crippen LogP contribution in [0.5, 0.6) is 0 Å². The molecule has 12 aliphatic heterocycles. The number of ether oxygens (including phenoxy) is 10. The van der Waals surface area contributed by atoms with Crippen LogP contribution in [0.2, 0.25) is 0 Å². The first-order valence-corrected chi connectivity index (χ1v) is 50.2. The molecule has 0 unspecified atom stereocenters. The van der Waals surface area contributed by atoms with Crippen molar-refractivity contribution in [3.05, 3.63) is 120 Å². The van der Waals surface area contributed by atoms with Gasteiger partial charge in [0.05, 0.1) is 176 Å². The quantitative estimate of drug-likeness (QED) is 0.0102.